The van der Waals surface area contributed by atoms with E-state index in [1.165, 1.54) is 0 Å². The molecule has 2 N–H and O–H groups in total. The minimum atomic E-state index is 0. The lowest BCUT2D eigenvalue weighted by Gasteiger charge is -2.16. The number of benzene rings is 2. The van der Waals surface area contributed by atoms with Crippen molar-refractivity contribution in [1.82, 2.24) is 5.32 Å². The number of ether oxygens (including phenoxy) is 4. The van der Waals surface area contributed by atoms with E-state index in [9.17, 15) is 0 Å². The van der Waals surface area contributed by atoms with Crippen molar-refractivity contribution in [3.63, 3.8) is 0 Å². The Hall–Kier alpha value is -2.20. The van der Waals surface area contributed by atoms with E-state index in [1.807, 2.05) is 42.5 Å². The van der Waals surface area contributed by atoms with E-state index in [0.717, 1.165) is 23.4 Å². The lowest BCUT2D eigenvalue weighted by Crippen LogP contribution is -2.30. The van der Waals surface area contributed by atoms with Crippen LogP contribution in [0.4, 0.5) is 5.69 Å². The van der Waals surface area contributed by atoms with Gasteiger partial charge < -0.3 is 29.6 Å². The predicted molar refractivity (Wildman–Crippen MR) is 127 cm³/mol. The SMILES string of the molecule is CN=C(NCc1cccc(OC)c1OC)Nc1cccc(OCCCOC)c1.I. The van der Waals surface area contributed by atoms with Gasteiger partial charge in [-0.25, -0.2) is 0 Å². The molecule has 2 aromatic rings. The van der Waals surface area contributed by atoms with Crippen LogP contribution >= 0.6 is 24.0 Å². The van der Waals surface area contributed by atoms with E-state index >= 15 is 0 Å². The number of nitrogens with one attached hydrogen (secondary N) is 2. The summed E-state index contributed by atoms with van der Waals surface area (Å²) in [5, 5.41) is 6.55. The van der Waals surface area contributed by atoms with Gasteiger partial charge in [0.1, 0.15) is 5.75 Å². The third-order valence-corrected chi connectivity index (χ3v) is 4.01. The predicted octanol–water partition coefficient (Wildman–Crippen LogP) is 3.92. The third kappa shape index (κ3) is 7.98. The highest BCUT2D eigenvalue weighted by Gasteiger charge is 2.10. The standard InChI is InChI=1S/C21H29N3O4.HI/c1-22-21(23-15-16-8-5-11-19(26-3)20(16)27-4)24-17-9-6-10-18(14-17)28-13-7-12-25-2;/h5-6,8-11,14H,7,12-13,15H2,1-4H3,(H2,22,23,24);1H. The van der Waals surface area contributed by atoms with Gasteiger partial charge in [-0.15, -0.1) is 24.0 Å². The van der Waals surface area contributed by atoms with E-state index in [0.29, 0.717) is 37.2 Å². The van der Waals surface area contributed by atoms with Crippen LogP contribution in [-0.2, 0) is 11.3 Å². The Labute approximate surface area is 189 Å². The smallest absolute Gasteiger partial charge is 0.195 e. The molecule has 160 valence electrons. The summed E-state index contributed by atoms with van der Waals surface area (Å²) in [6, 6.07) is 13.5. The average Bonchev–Trinajstić information content (AvgIpc) is 2.74. The Morgan fingerprint density at radius 3 is 2.48 bits per heavy atom. The number of guanidine groups is 1. The van der Waals surface area contributed by atoms with Crippen molar-refractivity contribution in [2.75, 3.05) is 46.9 Å². The summed E-state index contributed by atoms with van der Waals surface area (Å²) in [5.41, 5.74) is 1.86. The lowest BCUT2D eigenvalue weighted by atomic mass is 10.2. The average molecular weight is 515 g/mol. The molecule has 0 aliphatic heterocycles. The van der Waals surface area contributed by atoms with Gasteiger partial charge in [-0.1, -0.05) is 18.2 Å². The number of anilines is 1. The molecule has 0 aromatic heterocycles. The lowest BCUT2D eigenvalue weighted by molar-refractivity contribution is 0.172. The maximum Gasteiger partial charge on any atom is 0.195 e. The zero-order chi connectivity index (χ0) is 20.2. The largest absolute Gasteiger partial charge is 0.493 e. The number of halogens is 1. The van der Waals surface area contributed by atoms with Crippen LogP contribution in [0.15, 0.2) is 47.5 Å². The summed E-state index contributed by atoms with van der Waals surface area (Å²) < 4.78 is 21.6. The maximum absolute atomic E-state index is 5.74. The first kappa shape index (κ1) is 24.8. The number of hydrogen-bond donors (Lipinski definition) is 2. The summed E-state index contributed by atoms with van der Waals surface area (Å²) >= 11 is 0. The van der Waals surface area contributed by atoms with Crippen LogP contribution in [0.25, 0.3) is 0 Å². The van der Waals surface area contributed by atoms with Crippen LogP contribution in [0.2, 0.25) is 0 Å². The molecule has 0 amide bonds. The van der Waals surface area contributed by atoms with Crippen LogP contribution in [0.3, 0.4) is 0 Å². The molecular formula is C21H30IN3O4. The van der Waals surface area contributed by atoms with Crippen molar-refractivity contribution >= 4 is 35.6 Å². The molecule has 29 heavy (non-hydrogen) atoms. The molecule has 0 aliphatic carbocycles. The molecule has 7 nitrogen and oxygen atoms in total. The van der Waals surface area contributed by atoms with Gasteiger partial charge in [0.15, 0.2) is 17.5 Å². The van der Waals surface area contributed by atoms with Crippen molar-refractivity contribution in [2.24, 2.45) is 4.99 Å². The molecule has 0 fully saturated rings. The number of methoxy groups -OCH3 is 3. The highest BCUT2D eigenvalue weighted by Crippen LogP contribution is 2.30. The minimum absolute atomic E-state index is 0. The first-order valence-electron chi connectivity index (χ1n) is 9.11. The Morgan fingerprint density at radius 2 is 1.79 bits per heavy atom. The molecule has 2 rings (SSSR count). The van der Waals surface area contributed by atoms with Gasteiger partial charge in [-0.2, -0.15) is 0 Å². The fourth-order valence-corrected chi connectivity index (χ4v) is 2.64. The van der Waals surface area contributed by atoms with Crippen LogP contribution in [0.1, 0.15) is 12.0 Å². The Balaban J connectivity index is 0.00000420. The van der Waals surface area contributed by atoms with E-state index in [1.54, 1.807) is 28.4 Å². The Bertz CT molecular complexity index is 771. The van der Waals surface area contributed by atoms with Crippen LogP contribution in [0.5, 0.6) is 17.2 Å². The van der Waals surface area contributed by atoms with Crippen LogP contribution < -0.4 is 24.8 Å². The maximum atomic E-state index is 5.74. The van der Waals surface area contributed by atoms with Crippen molar-refractivity contribution in [1.29, 1.82) is 0 Å². The zero-order valence-electron chi connectivity index (χ0n) is 17.4. The third-order valence-electron chi connectivity index (χ3n) is 4.01. The van der Waals surface area contributed by atoms with Gasteiger partial charge in [0.2, 0.25) is 0 Å². The number of para-hydroxylation sites is 1. The van der Waals surface area contributed by atoms with Crippen LogP contribution in [-0.4, -0.2) is 47.6 Å². The molecular weight excluding hydrogens is 485 g/mol. The molecule has 0 radical (unpaired) electrons. The fourth-order valence-electron chi connectivity index (χ4n) is 2.64. The second-order valence-corrected chi connectivity index (χ2v) is 5.93. The molecule has 0 saturated heterocycles. The minimum Gasteiger partial charge on any atom is -0.493 e. The van der Waals surface area contributed by atoms with Gasteiger partial charge in [0.25, 0.3) is 0 Å². The van der Waals surface area contributed by atoms with Gasteiger partial charge in [-0.05, 0) is 18.2 Å². The topological polar surface area (TPSA) is 73.3 Å². The molecule has 0 atom stereocenters. The second kappa shape index (κ2) is 13.9. The second-order valence-electron chi connectivity index (χ2n) is 5.93. The molecule has 8 heteroatoms. The van der Waals surface area contributed by atoms with Gasteiger partial charge >= 0.3 is 0 Å². The molecule has 2 aromatic carbocycles. The molecule has 0 heterocycles. The van der Waals surface area contributed by atoms with E-state index in [4.69, 9.17) is 18.9 Å². The fraction of sp³-hybridized carbons (Fsp3) is 0.381. The first-order valence-corrected chi connectivity index (χ1v) is 9.11. The molecule has 0 saturated carbocycles. The van der Waals surface area contributed by atoms with Crippen molar-refractivity contribution in [2.45, 2.75) is 13.0 Å². The van der Waals surface area contributed by atoms with E-state index in [-0.39, 0.29) is 24.0 Å². The van der Waals surface area contributed by atoms with Gasteiger partial charge in [0.05, 0.1) is 20.8 Å². The van der Waals surface area contributed by atoms with E-state index < -0.39 is 0 Å². The number of hydrogen-bond acceptors (Lipinski definition) is 5. The van der Waals surface area contributed by atoms with Crippen molar-refractivity contribution in [3.05, 3.63) is 48.0 Å². The van der Waals surface area contributed by atoms with Crippen molar-refractivity contribution in [3.8, 4) is 17.2 Å². The summed E-state index contributed by atoms with van der Waals surface area (Å²) in [7, 11) is 6.67. The summed E-state index contributed by atoms with van der Waals surface area (Å²) in [4.78, 5) is 4.28. The van der Waals surface area contributed by atoms with Crippen molar-refractivity contribution < 1.29 is 18.9 Å². The Morgan fingerprint density at radius 1 is 1.00 bits per heavy atom. The molecule has 0 aliphatic rings. The molecule has 0 bridgehead atoms. The van der Waals surface area contributed by atoms with Gasteiger partial charge in [0, 0.05) is 51.0 Å². The normalized spacial score (nSPS) is 10.7. The van der Waals surface area contributed by atoms with Gasteiger partial charge in [-0.3, -0.25) is 4.99 Å². The quantitative estimate of drug-likeness (QED) is 0.216. The first-order chi connectivity index (χ1) is 13.7. The Kier molecular flexibility index (Phi) is 11.9. The van der Waals surface area contributed by atoms with Crippen LogP contribution in [0, 0.1) is 0 Å². The zero-order valence-corrected chi connectivity index (χ0v) is 19.7. The number of aliphatic imine (C=N–C) groups is 1. The molecule has 0 unspecified atom stereocenters. The van der Waals surface area contributed by atoms with E-state index in [2.05, 4.69) is 15.6 Å². The highest BCUT2D eigenvalue weighted by molar-refractivity contribution is 14.0. The monoisotopic (exact) mass is 515 g/mol. The summed E-state index contributed by atoms with van der Waals surface area (Å²) in [6.07, 6.45) is 0.847. The summed E-state index contributed by atoms with van der Waals surface area (Å²) in [6.45, 7) is 1.83. The summed E-state index contributed by atoms with van der Waals surface area (Å²) in [5.74, 6) is 2.84. The number of rotatable bonds is 10. The number of nitrogens with zero attached hydrogens (tertiary/aromatic N) is 1. The molecule has 0 spiro atoms. The highest BCUT2D eigenvalue weighted by atomic mass is 127.